The largest absolute Gasteiger partial charge is 1.00 e. The first-order valence-electron chi connectivity index (χ1n) is 0. The Labute approximate surface area is 197 Å². The Bertz CT molecular complexity index is 6.90. The van der Waals surface area contributed by atoms with Crippen molar-refractivity contribution in [3.05, 3.63) is 0 Å². The van der Waals surface area contributed by atoms with Crippen molar-refractivity contribution in [1.29, 1.82) is 0 Å². The number of halogens is 4. The van der Waals surface area contributed by atoms with Gasteiger partial charge in [0.25, 0.3) is 0 Å². The molecule has 0 radical (unpaired) electrons. The molecule has 32 valence electrons. The van der Waals surface area contributed by atoms with Gasteiger partial charge in [0.1, 0.15) is 0 Å². The zero-order valence-corrected chi connectivity index (χ0v) is 17.0. The summed E-state index contributed by atoms with van der Waals surface area (Å²) >= 11 is 0. The molecule has 0 N–H and O–H groups in total. The molecule has 0 heterocycles. The topological polar surface area (TPSA) is 0 Å². The van der Waals surface area contributed by atoms with Gasteiger partial charge in [-0.15, -0.1) is 12.4 Å². The van der Waals surface area contributed by atoms with Crippen LogP contribution < -0.4 is 191 Å². The van der Waals surface area contributed by atoms with E-state index in [-0.39, 0.29) is 204 Å². The third kappa shape index (κ3) is 33.2. The van der Waals surface area contributed by atoms with Crippen molar-refractivity contribution in [3.63, 3.8) is 0 Å². The van der Waals surface area contributed by atoms with Crippen molar-refractivity contribution in [1.82, 2.24) is 0 Å². The minimum atomic E-state index is 0. The first kappa shape index (κ1) is 51.7. The maximum absolute atomic E-state index is 0. The normalized spacial score (nSPS) is 0. The summed E-state index contributed by atoms with van der Waals surface area (Å²) in [5, 5.41) is 0. The maximum Gasteiger partial charge on any atom is 1.00 e. The second-order valence-electron chi connectivity index (χ2n) is 0. The molecule has 7 heavy (non-hydrogen) atoms. The number of hydrogen-bond donors (Lipinski definition) is 0. The van der Waals surface area contributed by atoms with Gasteiger partial charge in [-0.25, -0.2) is 0 Å². The van der Waals surface area contributed by atoms with Gasteiger partial charge in [-0.05, 0) is 0 Å². The van der Waals surface area contributed by atoms with E-state index in [1.807, 2.05) is 0 Å². The van der Waals surface area contributed by atoms with Crippen LogP contribution in [-0.4, -0.2) is 0 Å². The van der Waals surface area contributed by atoms with Crippen LogP contribution in [0.5, 0.6) is 0 Å². The molecule has 0 fully saturated rings. The van der Waals surface area contributed by atoms with Crippen LogP contribution in [0.1, 0.15) is 0 Å². The summed E-state index contributed by atoms with van der Waals surface area (Å²) < 4.78 is 0. The van der Waals surface area contributed by atoms with Gasteiger partial charge in [0.15, 0.2) is 0 Å². The van der Waals surface area contributed by atoms with Crippen LogP contribution in [0.4, 0.5) is 0 Å². The van der Waals surface area contributed by atoms with Crippen LogP contribution in [0.25, 0.3) is 0 Å². The Kier molecular flexibility index (Phi) is 296. The third-order valence-electron chi connectivity index (χ3n) is 0. The summed E-state index contributed by atoms with van der Waals surface area (Å²) in [6.45, 7) is 0. The molecular weight excluding hydrogens is 259 g/mol. The van der Waals surface area contributed by atoms with Gasteiger partial charge >= 0.3 is 154 Å². The van der Waals surface area contributed by atoms with E-state index in [0.717, 1.165) is 0 Å². The molecule has 0 saturated carbocycles. The van der Waals surface area contributed by atoms with Crippen LogP contribution in [0.3, 0.4) is 0 Å². The van der Waals surface area contributed by atoms with E-state index in [1.165, 1.54) is 0 Å². The summed E-state index contributed by atoms with van der Waals surface area (Å²) in [5.41, 5.74) is 0. The molecule has 0 amide bonds. The smallest absolute Gasteiger partial charge is 1.00 e. The van der Waals surface area contributed by atoms with Crippen LogP contribution in [0, 0.1) is 0 Å². The van der Waals surface area contributed by atoms with Gasteiger partial charge < -0.3 is 37.2 Å². The fourth-order valence-electron chi connectivity index (χ4n) is 0. The number of rotatable bonds is 0. The standard InChI is InChI=1S/4ClH.3K/h4*1H;;;/q;;;;3*+1/p-3. The van der Waals surface area contributed by atoms with E-state index >= 15 is 0 Å². The van der Waals surface area contributed by atoms with Crippen molar-refractivity contribution >= 4 is 12.4 Å². The Balaban J connectivity index is 0. The van der Waals surface area contributed by atoms with Crippen LogP contribution in [-0.2, 0) is 0 Å². The fraction of sp³-hybridized carbons (Fsp3) is 0. The molecule has 0 aliphatic carbocycles. The van der Waals surface area contributed by atoms with Crippen molar-refractivity contribution in [2.75, 3.05) is 0 Å². The van der Waals surface area contributed by atoms with Gasteiger partial charge in [-0.1, -0.05) is 0 Å². The Morgan fingerprint density at radius 1 is 0.429 bits per heavy atom. The summed E-state index contributed by atoms with van der Waals surface area (Å²) in [5.74, 6) is 0. The average Bonchev–Trinajstić information content (AvgIpc) is 0. The predicted molar refractivity (Wildman–Crippen MR) is 7.25 cm³/mol. The molecule has 0 unspecified atom stereocenters. The van der Waals surface area contributed by atoms with E-state index in [1.54, 1.807) is 0 Å². The van der Waals surface area contributed by atoms with E-state index < -0.39 is 0 Å². The fourth-order valence-corrected chi connectivity index (χ4v) is 0. The van der Waals surface area contributed by atoms with Crippen molar-refractivity contribution in [2.45, 2.75) is 0 Å². The van der Waals surface area contributed by atoms with E-state index in [0.29, 0.717) is 0 Å². The molecule has 0 nitrogen and oxygen atoms in total. The molecule has 0 aliphatic heterocycles. The van der Waals surface area contributed by atoms with Crippen molar-refractivity contribution in [2.24, 2.45) is 0 Å². The molecular formula is HCl4K3. The Morgan fingerprint density at radius 3 is 0.429 bits per heavy atom. The zero-order chi connectivity index (χ0) is 0. The quantitative estimate of drug-likeness (QED) is 0.379. The molecule has 0 atom stereocenters. The minimum absolute atomic E-state index is 0. The first-order chi connectivity index (χ1) is 0. The predicted octanol–water partition coefficient (Wildman–Crippen LogP) is -17.6. The van der Waals surface area contributed by atoms with Crippen LogP contribution in [0.15, 0.2) is 0 Å². The Hall–Kier alpha value is 6.07. The molecule has 0 spiro atoms. The van der Waals surface area contributed by atoms with Gasteiger partial charge in [0.2, 0.25) is 0 Å². The minimum Gasteiger partial charge on any atom is -1.00 e. The molecule has 0 saturated heterocycles. The number of hydrogen-bond acceptors (Lipinski definition) is 0. The van der Waals surface area contributed by atoms with E-state index in [9.17, 15) is 0 Å². The molecule has 7 heteroatoms. The second-order valence-corrected chi connectivity index (χ2v) is 0. The van der Waals surface area contributed by atoms with E-state index in [2.05, 4.69) is 0 Å². The monoisotopic (exact) mass is 258 g/mol. The van der Waals surface area contributed by atoms with Crippen molar-refractivity contribution in [3.8, 4) is 0 Å². The van der Waals surface area contributed by atoms with Gasteiger partial charge in [-0.2, -0.15) is 0 Å². The summed E-state index contributed by atoms with van der Waals surface area (Å²) in [7, 11) is 0. The first-order valence-corrected chi connectivity index (χ1v) is 0. The Morgan fingerprint density at radius 2 is 0.429 bits per heavy atom. The summed E-state index contributed by atoms with van der Waals surface area (Å²) in [4.78, 5) is 0. The van der Waals surface area contributed by atoms with Gasteiger partial charge in [0.05, 0.1) is 0 Å². The molecule has 0 bridgehead atoms. The molecule has 0 aromatic heterocycles. The third-order valence-corrected chi connectivity index (χ3v) is 0. The van der Waals surface area contributed by atoms with Gasteiger partial charge in [0, 0.05) is 0 Å². The van der Waals surface area contributed by atoms with Crippen LogP contribution >= 0.6 is 12.4 Å². The van der Waals surface area contributed by atoms with E-state index in [4.69, 9.17) is 0 Å². The second kappa shape index (κ2) is 40.1. The average molecular weight is 260 g/mol. The molecule has 0 aliphatic rings. The van der Waals surface area contributed by atoms with Crippen molar-refractivity contribution < 1.29 is 191 Å². The summed E-state index contributed by atoms with van der Waals surface area (Å²) in [6, 6.07) is 0. The SMILES string of the molecule is Cl.[Cl-].[Cl-].[Cl-].[K+].[K+].[K+]. The molecule has 0 aromatic carbocycles. The zero-order valence-electron chi connectivity index (χ0n) is 4.54. The molecule has 0 rings (SSSR count). The maximum atomic E-state index is 0. The van der Waals surface area contributed by atoms with Crippen LogP contribution in [0.2, 0.25) is 0 Å². The molecule has 0 aromatic rings. The summed E-state index contributed by atoms with van der Waals surface area (Å²) in [6.07, 6.45) is 0. The van der Waals surface area contributed by atoms with Gasteiger partial charge in [-0.3, -0.25) is 0 Å².